The van der Waals surface area contributed by atoms with Crippen LogP contribution in [0.2, 0.25) is 0 Å². The first-order chi connectivity index (χ1) is 9.86. The van der Waals surface area contributed by atoms with Gasteiger partial charge in [-0.1, -0.05) is 63.6 Å². The van der Waals surface area contributed by atoms with E-state index in [0.29, 0.717) is 0 Å². The highest BCUT2D eigenvalue weighted by Gasteiger charge is 2.20. The molecule has 3 heteroatoms. The zero-order valence-corrected chi connectivity index (χ0v) is 12.7. The molecule has 0 saturated carbocycles. The number of fused-ring (bicyclic) bond motifs is 1. The molecule has 2 rings (SSSR count). The molecule has 1 aliphatic rings. The summed E-state index contributed by atoms with van der Waals surface area (Å²) in [5, 5.41) is 0. The number of benzene rings is 1. The molecule has 112 valence electrons. The highest BCUT2D eigenvalue weighted by atomic mass is 16.5. The fourth-order valence-corrected chi connectivity index (χ4v) is 2.97. The second kappa shape index (κ2) is 8.28. The van der Waals surface area contributed by atoms with Crippen LogP contribution in [0.5, 0.6) is 5.75 Å². The summed E-state index contributed by atoms with van der Waals surface area (Å²) < 4.78 is 5.78. The molecule has 0 spiro atoms. The monoisotopic (exact) mass is 276 g/mol. The van der Waals surface area contributed by atoms with Gasteiger partial charge in [0.1, 0.15) is 5.75 Å². The van der Waals surface area contributed by atoms with E-state index in [1.54, 1.807) is 0 Å². The number of nitrogens with one attached hydrogen (secondary N) is 1. The topological polar surface area (TPSA) is 47.3 Å². The van der Waals surface area contributed by atoms with Crippen molar-refractivity contribution in [3.63, 3.8) is 0 Å². The minimum atomic E-state index is 0.217. The van der Waals surface area contributed by atoms with Crippen molar-refractivity contribution < 1.29 is 4.74 Å². The van der Waals surface area contributed by atoms with Gasteiger partial charge in [0, 0.05) is 18.0 Å². The van der Waals surface area contributed by atoms with Crippen molar-refractivity contribution in [2.24, 2.45) is 5.84 Å². The number of ether oxygens (including phenoxy) is 1. The average molecular weight is 276 g/mol. The Balaban J connectivity index is 1.84. The van der Waals surface area contributed by atoms with Crippen LogP contribution in [0.1, 0.15) is 69.0 Å². The molecule has 20 heavy (non-hydrogen) atoms. The number of unbranched alkanes of at least 4 members (excludes halogenated alkanes) is 5. The molecule has 1 aromatic carbocycles. The van der Waals surface area contributed by atoms with Crippen LogP contribution in [-0.4, -0.2) is 6.61 Å². The van der Waals surface area contributed by atoms with E-state index in [0.717, 1.165) is 25.2 Å². The first-order valence-corrected chi connectivity index (χ1v) is 8.07. The summed E-state index contributed by atoms with van der Waals surface area (Å²) in [5.74, 6) is 6.83. The summed E-state index contributed by atoms with van der Waals surface area (Å²) in [4.78, 5) is 0. The number of para-hydroxylation sites is 1. The lowest BCUT2D eigenvalue weighted by Crippen LogP contribution is -2.28. The van der Waals surface area contributed by atoms with Crippen molar-refractivity contribution in [3.05, 3.63) is 29.3 Å². The molecular formula is C17H28N2O. The fraction of sp³-hybridized carbons (Fsp3) is 0.647. The average Bonchev–Trinajstić information content (AvgIpc) is 2.95. The van der Waals surface area contributed by atoms with Gasteiger partial charge < -0.3 is 4.74 Å². The minimum Gasteiger partial charge on any atom is -0.493 e. The van der Waals surface area contributed by atoms with Gasteiger partial charge in [-0.05, 0) is 12.0 Å². The van der Waals surface area contributed by atoms with E-state index >= 15 is 0 Å². The quantitative estimate of drug-likeness (QED) is 0.409. The van der Waals surface area contributed by atoms with E-state index in [4.69, 9.17) is 10.6 Å². The van der Waals surface area contributed by atoms with Gasteiger partial charge in [0.05, 0.1) is 6.61 Å². The molecule has 0 amide bonds. The van der Waals surface area contributed by atoms with Crippen LogP contribution >= 0.6 is 0 Å². The van der Waals surface area contributed by atoms with E-state index in [-0.39, 0.29) is 6.04 Å². The maximum Gasteiger partial charge on any atom is 0.127 e. The Kier molecular flexibility index (Phi) is 6.34. The summed E-state index contributed by atoms with van der Waals surface area (Å²) in [6, 6.07) is 6.64. The number of rotatable bonds is 9. The molecule has 1 aliphatic heterocycles. The molecule has 1 heterocycles. The van der Waals surface area contributed by atoms with Crippen molar-refractivity contribution in [3.8, 4) is 5.75 Å². The highest BCUT2D eigenvalue weighted by molar-refractivity contribution is 5.45. The number of hydrazine groups is 1. The van der Waals surface area contributed by atoms with E-state index in [2.05, 4.69) is 30.5 Å². The SMILES string of the molecule is CCCCCCCCC(NN)c1cccc2c1OCC2. The summed E-state index contributed by atoms with van der Waals surface area (Å²) in [5.41, 5.74) is 5.53. The van der Waals surface area contributed by atoms with Gasteiger partial charge in [0.15, 0.2) is 0 Å². The zero-order valence-electron chi connectivity index (χ0n) is 12.7. The molecular weight excluding hydrogens is 248 g/mol. The van der Waals surface area contributed by atoms with Crippen LogP contribution in [0, 0.1) is 0 Å². The smallest absolute Gasteiger partial charge is 0.127 e. The van der Waals surface area contributed by atoms with Crippen LogP contribution in [0.4, 0.5) is 0 Å². The predicted octanol–water partition coefficient (Wildman–Crippen LogP) is 3.88. The van der Waals surface area contributed by atoms with E-state index in [9.17, 15) is 0 Å². The highest BCUT2D eigenvalue weighted by Crippen LogP contribution is 2.35. The lowest BCUT2D eigenvalue weighted by molar-refractivity contribution is 0.346. The predicted molar refractivity (Wildman–Crippen MR) is 83.7 cm³/mol. The molecule has 0 radical (unpaired) electrons. The van der Waals surface area contributed by atoms with Gasteiger partial charge in [0.25, 0.3) is 0 Å². The molecule has 1 aromatic rings. The molecule has 0 bridgehead atoms. The van der Waals surface area contributed by atoms with Gasteiger partial charge >= 0.3 is 0 Å². The Morgan fingerprint density at radius 2 is 2.00 bits per heavy atom. The number of hydrogen-bond donors (Lipinski definition) is 2. The molecule has 3 nitrogen and oxygen atoms in total. The zero-order chi connectivity index (χ0) is 14.2. The Bertz CT molecular complexity index is 406. The van der Waals surface area contributed by atoms with Crippen LogP contribution in [-0.2, 0) is 6.42 Å². The summed E-state index contributed by atoms with van der Waals surface area (Å²) in [6.07, 6.45) is 10.0. The molecule has 0 aliphatic carbocycles. The molecule has 0 aromatic heterocycles. The normalized spacial score (nSPS) is 14.9. The third-order valence-corrected chi connectivity index (χ3v) is 4.17. The Morgan fingerprint density at radius 3 is 2.80 bits per heavy atom. The fourth-order valence-electron chi connectivity index (χ4n) is 2.97. The largest absolute Gasteiger partial charge is 0.493 e. The van der Waals surface area contributed by atoms with E-state index in [1.807, 2.05) is 0 Å². The Labute approximate surface area is 122 Å². The van der Waals surface area contributed by atoms with Crippen LogP contribution in [0.25, 0.3) is 0 Å². The van der Waals surface area contributed by atoms with Crippen molar-refractivity contribution in [1.29, 1.82) is 0 Å². The van der Waals surface area contributed by atoms with Gasteiger partial charge in [-0.3, -0.25) is 11.3 Å². The number of nitrogens with two attached hydrogens (primary N) is 1. The summed E-state index contributed by atoms with van der Waals surface area (Å²) in [6.45, 7) is 3.06. The second-order valence-corrected chi connectivity index (χ2v) is 5.71. The van der Waals surface area contributed by atoms with Crippen LogP contribution in [0.3, 0.4) is 0 Å². The molecule has 0 saturated heterocycles. The first-order valence-electron chi connectivity index (χ1n) is 8.07. The second-order valence-electron chi connectivity index (χ2n) is 5.71. The van der Waals surface area contributed by atoms with E-state index < -0.39 is 0 Å². The third-order valence-electron chi connectivity index (χ3n) is 4.17. The molecule has 1 unspecified atom stereocenters. The van der Waals surface area contributed by atoms with Gasteiger partial charge in [-0.2, -0.15) is 0 Å². The maximum atomic E-state index is 5.78. The first kappa shape index (κ1) is 15.3. The molecule has 3 N–H and O–H groups in total. The Morgan fingerprint density at radius 1 is 1.20 bits per heavy atom. The number of hydrogen-bond acceptors (Lipinski definition) is 3. The standard InChI is InChI=1S/C17H28N2O/c1-2-3-4-5-6-7-11-16(19-18)15-10-8-9-14-12-13-20-17(14)15/h8-10,16,19H,2-7,11-13,18H2,1H3. The van der Waals surface area contributed by atoms with Crippen LogP contribution in [0.15, 0.2) is 18.2 Å². The van der Waals surface area contributed by atoms with Gasteiger partial charge in [-0.25, -0.2) is 0 Å². The van der Waals surface area contributed by atoms with Crippen molar-refractivity contribution in [2.45, 2.75) is 64.3 Å². The lowest BCUT2D eigenvalue weighted by atomic mass is 9.97. The molecule has 1 atom stereocenters. The van der Waals surface area contributed by atoms with Crippen molar-refractivity contribution in [2.75, 3.05) is 6.61 Å². The van der Waals surface area contributed by atoms with Gasteiger partial charge in [0.2, 0.25) is 0 Å². The van der Waals surface area contributed by atoms with Gasteiger partial charge in [-0.15, -0.1) is 0 Å². The van der Waals surface area contributed by atoms with Crippen molar-refractivity contribution >= 4 is 0 Å². The minimum absolute atomic E-state index is 0.217. The van der Waals surface area contributed by atoms with E-state index in [1.165, 1.54) is 49.7 Å². The third kappa shape index (κ3) is 3.97. The van der Waals surface area contributed by atoms with Crippen LogP contribution < -0.4 is 16.0 Å². The lowest BCUT2D eigenvalue weighted by Gasteiger charge is -2.19. The van der Waals surface area contributed by atoms with Crippen molar-refractivity contribution in [1.82, 2.24) is 5.43 Å². The Hall–Kier alpha value is -1.06. The summed E-state index contributed by atoms with van der Waals surface area (Å²) in [7, 11) is 0. The maximum absolute atomic E-state index is 5.78. The molecule has 0 fully saturated rings. The summed E-state index contributed by atoms with van der Waals surface area (Å²) >= 11 is 0.